The van der Waals surface area contributed by atoms with Crippen molar-refractivity contribution in [3.05, 3.63) is 24.0 Å². The molecular formula is C11H10F3N3O3. The molecule has 108 valence electrons. The van der Waals surface area contributed by atoms with Crippen molar-refractivity contribution in [3.8, 4) is 17.2 Å². The Morgan fingerprint density at radius 1 is 1.35 bits per heavy atom. The number of aromatic hydroxyl groups is 1. The minimum Gasteiger partial charge on any atom is -0.507 e. The summed E-state index contributed by atoms with van der Waals surface area (Å²) in [5, 5.41) is 13.1. The minimum absolute atomic E-state index is 0.0342. The van der Waals surface area contributed by atoms with Gasteiger partial charge < -0.3 is 20.1 Å². The molecule has 0 saturated heterocycles. The van der Waals surface area contributed by atoms with Gasteiger partial charge in [-0.3, -0.25) is 0 Å². The van der Waals surface area contributed by atoms with Gasteiger partial charge in [0.25, 0.3) is 5.89 Å². The molecule has 0 amide bonds. The number of nitrogen functional groups attached to an aromatic ring is 1. The molecule has 1 aromatic carbocycles. The maximum atomic E-state index is 11.9. The molecule has 2 rings (SSSR count). The SMILES string of the molecule is Nc1ccc(-c2nc(COCC(F)(F)F)no2)c(O)c1. The van der Waals surface area contributed by atoms with Crippen LogP contribution < -0.4 is 5.73 Å². The Kier molecular flexibility index (Phi) is 3.79. The Bertz CT molecular complexity index is 598. The van der Waals surface area contributed by atoms with Crippen LogP contribution in [0.4, 0.5) is 18.9 Å². The lowest BCUT2D eigenvalue weighted by Crippen LogP contribution is -2.16. The Balaban J connectivity index is 2.05. The Morgan fingerprint density at radius 3 is 2.75 bits per heavy atom. The van der Waals surface area contributed by atoms with Crippen LogP contribution in [0.25, 0.3) is 11.5 Å². The van der Waals surface area contributed by atoms with Crippen molar-refractivity contribution < 1.29 is 27.5 Å². The first kappa shape index (κ1) is 14.1. The van der Waals surface area contributed by atoms with Gasteiger partial charge >= 0.3 is 6.18 Å². The summed E-state index contributed by atoms with van der Waals surface area (Å²) in [4.78, 5) is 3.82. The van der Waals surface area contributed by atoms with Gasteiger partial charge in [-0.25, -0.2) is 0 Å². The van der Waals surface area contributed by atoms with Gasteiger partial charge in [0, 0.05) is 11.8 Å². The van der Waals surface area contributed by atoms with E-state index < -0.39 is 19.4 Å². The van der Waals surface area contributed by atoms with Crippen LogP contribution in [-0.2, 0) is 11.3 Å². The van der Waals surface area contributed by atoms with Crippen molar-refractivity contribution in [1.82, 2.24) is 10.1 Å². The molecule has 2 aromatic rings. The number of phenols is 1. The average Bonchev–Trinajstić information content (AvgIpc) is 2.75. The summed E-state index contributed by atoms with van der Waals surface area (Å²) in [5.41, 5.74) is 6.04. The quantitative estimate of drug-likeness (QED) is 0.837. The number of aromatic nitrogens is 2. The molecule has 0 bridgehead atoms. The number of alkyl halides is 3. The molecule has 0 spiro atoms. The zero-order valence-corrected chi connectivity index (χ0v) is 10.0. The van der Waals surface area contributed by atoms with Crippen LogP contribution in [0.3, 0.4) is 0 Å². The second kappa shape index (κ2) is 5.37. The Labute approximate surface area is 111 Å². The fourth-order valence-electron chi connectivity index (χ4n) is 1.41. The van der Waals surface area contributed by atoms with Gasteiger partial charge in [0.05, 0.1) is 5.56 Å². The summed E-state index contributed by atoms with van der Waals surface area (Å²) in [6, 6.07) is 4.26. The van der Waals surface area contributed by atoms with Gasteiger partial charge in [0.1, 0.15) is 19.0 Å². The number of nitrogens with two attached hydrogens (primary N) is 1. The van der Waals surface area contributed by atoms with Crippen molar-refractivity contribution in [2.75, 3.05) is 12.3 Å². The minimum atomic E-state index is -4.41. The topological polar surface area (TPSA) is 94.4 Å². The van der Waals surface area contributed by atoms with E-state index in [0.29, 0.717) is 5.69 Å². The van der Waals surface area contributed by atoms with Gasteiger partial charge in [-0.1, -0.05) is 5.16 Å². The summed E-state index contributed by atoms with van der Waals surface area (Å²) in [5.74, 6) is -0.259. The number of halogens is 3. The highest BCUT2D eigenvalue weighted by Crippen LogP contribution is 2.29. The van der Waals surface area contributed by atoms with E-state index in [4.69, 9.17) is 10.3 Å². The van der Waals surface area contributed by atoms with Gasteiger partial charge in [0.15, 0.2) is 5.82 Å². The maximum absolute atomic E-state index is 11.9. The van der Waals surface area contributed by atoms with Crippen LogP contribution in [0.1, 0.15) is 5.82 Å². The van der Waals surface area contributed by atoms with E-state index in [1.807, 2.05) is 0 Å². The van der Waals surface area contributed by atoms with Gasteiger partial charge in [-0.05, 0) is 12.1 Å². The fourth-order valence-corrected chi connectivity index (χ4v) is 1.41. The Morgan fingerprint density at radius 2 is 2.10 bits per heavy atom. The summed E-state index contributed by atoms with van der Waals surface area (Å²) in [6.45, 7) is -1.84. The van der Waals surface area contributed by atoms with Crippen molar-refractivity contribution >= 4 is 5.69 Å². The smallest absolute Gasteiger partial charge is 0.411 e. The van der Waals surface area contributed by atoms with E-state index in [9.17, 15) is 18.3 Å². The molecule has 0 aliphatic heterocycles. The van der Waals surface area contributed by atoms with Crippen LogP contribution in [0.5, 0.6) is 5.75 Å². The molecule has 3 N–H and O–H groups in total. The zero-order valence-electron chi connectivity index (χ0n) is 10.0. The monoisotopic (exact) mass is 289 g/mol. The number of phenolic OH excluding ortho intramolecular Hbond substituents is 1. The van der Waals surface area contributed by atoms with E-state index in [-0.39, 0.29) is 23.0 Å². The second-order valence-electron chi connectivity index (χ2n) is 3.90. The number of anilines is 1. The highest BCUT2D eigenvalue weighted by Gasteiger charge is 2.27. The third-order valence-corrected chi connectivity index (χ3v) is 2.22. The maximum Gasteiger partial charge on any atom is 0.411 e. The molecule has 6 nitrogen and oxygen atoms in total. The lowest BCUT2D eigenvalue weighted by atomic mass is 10.2. The number of hydrogen-bond donors (Lipinski definition) is 2. The zero-order chi connectivity index (χ0) is 14.8. The van der Waals surface area contributed by atoms with E-state index in [1.165, 1.54) is 18.2 Å². The molecule has 1 aromatic heterocycles. The normalized spacial score (nSPS) is 11.8. The van der Waals surface area contributed by atoms with Crippen LogP contribution in [0.2, 0.25) is 0 Å². The molecule has 0 radical (unpaired) electrons. The van der Waals surface area contributed by atoms with Crippen molar-refractivity contribution in [2.45, 2.75) is 12.8 Å². The molecule has 0 atom stereocenters. The predicted octanol–water partition coefficient (Wildman–Crippen LogP) is 2.10. The molecule has 0 unspecified atom stereocenters. The summed E-state index contributed by atoms with van der Waals surface area (Å²) in [6.07, 6.45) is -4.41. The van der Waals surface area contributed by atoms with Crippen LogP contribution >= 0.6 is 0 Å². The molecule has 0 aliphatic carbocycles. The number of nitrogens with zero attached hydrogens (tertiary/aromatic N) is 2. The summed E-state index contributed by atoms with van der Waals surface area (Å²) < 4.78 is 44.9. The third-order valence-electron chi connectivity index (χ3n) is 2.22. The van der Waals surface area contributed by atoms with E-state index in [2.05, 4.69) is 14.9 Å². The average molecular weight is 289 g/mol. The third kappa shape index (κ3) is 3.60. The standard InChI is InChI=1S/C11H10F3N3O3/c12-11(13,14)5-19-4-9-16-10(20-17-9)7-2-1-6(15)3-8(7)18/h1-3,18H,4-5,15H2. The summed E-state index contributed by atoms with van der Waals surface area (Å²) in [7, 11) is 0. The van der Waals surface area contributed by atoms with Crippen molar-refractivity contribution in [3.63, 3.8) is 0 Å². The number of ether oxygens (including phenoxy) is 1. The molecule has 20 heavy (non-hydrogen) atoms. The van der Waals surface area contributed by atoms with Crippen LogP contribution in [-0.4, -0.2) is 28.0 Å². The largest absolute Gasteiger partial charge is 0.507 e. The van der Waals surface area contributed by atoms with E-state index >= 15 is 0 Å². The van der Waals surface area contributed by atoms with Gasteiger partial charge in [-0.15, -0.1) is 0 Å². The fraction of sp³-hybridized carbons (Fsp3) is 0.273. The molecular weight excluding hydrogens is 279 g/mol. The number of rotatable bonds is 4. The van der Waals surface area contributed by atoms with E-state index in [0.717, 1.165) is 0 Å². The van der Waals surface area contributed by atoms with Crippen LogP contribution in [0.15, 0.2) is 22.7 Å². The van der Waals surface area contributed by atoms with Gasteiger partial charge in [-0.2, -0.15) is 18.2 Å². The van der Waals surface area contributed by atoms with Crippen LogP contribution in [0, 0.1) is 0 Å². The molecule has 0 aliphatic rings. The lowest BCUT2D eigenvalue weighted by Gasteiger charge is -2.04. The highest BCUT2D eigenvalue weighted by molar-refractivity contribution is 5.66. The predicted molar refractivity (Wildman–Crippen MR) is 61.5 cm³/mol. The summed E-state index contributed by atoms with van der Waals surface area (Å²) >= 11 is 0. The first-order chi connectivity index (χ1) is 9.35. The number of hydrogen-bond acceptors (Lipinski definition) is 6. The first-order valence-electron chi connectivity index (χ1n) is 5.41. The molecule has 9 heteroatoms. The van der Waals surface area contributed by atoms with Gasteiger partial charge in [0.2, 0.25) is 0 Å². The molecule has 1 heterocycles. The first-order valence-corrected chi connectivity index (χ1v) is 5.41. The molecule has 0 saturated carbocycles. The second-order valence-corrected chi connectivity index (χ2v) is 3.90. The number of benzene rings is 1. The molecule has 0 fully saturated rings. The highest BCUT2D eigenvalue weighted by atomic mass is 19.4. The van der Waals surface area contributed by atoms with Crippen molar-refractivity contribution in [1.29, 1.82) is 0 Å². The van der Waals surface area contributed by atoms with E-state index in [1.54, 1.807) is 0 Å². The lowest BCUT2D eigenvalue weighted by molar-refractivity contribution is -0.177. The Hall–Kier alpha value is -2.29. The van der Waals surface area contributed by atoms with Crippen molar-refractivity contribution in [2.24, 2.45) is 0 Å².